The van der Waals surface area contributed by atoms with Gasteiger partial charge in [0.1, 0.15) is 6.10 Å². The Balaban J connectivity index is 1.58. The first-order valence-electron chi connectivity index (χ1n) is 7.20. The molecule has 0 N–H and O–H groups in total. The van der Waals surface area contributed by atoms with E-state index in [-0.39, 0.29) is 17.6 Å². The molecule has 5 heteroatoms. The number of hydrogen-bond acceptors (Lipinski definition) is 4. The smallest absolute Gasteiger partial charge is 0.222 e. The number of aromatic nitrogens is 1. The third kappa shape index (κ3) is 2.63. The Bertz CT molecular complexity index is 479. The van der Waals surface area contributed by atoms with Gasteiger partial charge in [0.2, 0.25) is 11.8 Å². The molecule has 3 heterocycles. The number of ether oxygens (including phenoxy) is 2. The van der Waals surface area contributed by atoms with E-state index in [0.717, 1.165) is 19.4 Å². The van der Waals surface area contributed by atoms with Crippen LogP contribution in [0.4, 0.5) is 0 Å². The molecule has 20 heavy (non-hydrogen) atoms. The van der Waals surface area contributed by atoms with Crippen LogP contribution in [0, 0.1) is 0 Å². The van der Waals surface area contributed by atoms with Gasteiger partial charge in [0.25, 0.3) is 0 Å². The third-order valence-electron chi connectivity index (χ3n) is 4.07. The Kier molecular flexibility index (Phi) is 3.61. The number of nitrogens with zero attached hydrogens (tertiary/aromatic N) is 2. The summed E-state index contributed by atoms with van der Waals surface area (Å²) in [5.74, 6) is 0.845. The molecule has 2 atom stereocenters. The van der Waals surface area contributed by atoms with Crippen LogP contribution < -0.4 is 4.74 Å². The molecule has 1 aromatic rings. The zero-order chi connectivity index (χ0) is 14.0. The van der Waals surface area contributed by atoms with Crippen LogP contribution in [0.25, 0.3) is 0 Å². The molecule has 5 nitrogen and oxygen atoms in total. The van der Waals surface area contributed by atoms with Crippen molar-refractivity contribution in [1.29, 1.82) is 0 Å². The van der Waals surface area contributed by atoms with Crippen molar-refractivity contribution < 1.29 is 14.3 Å². The molecule has 108 valence electrons. The topological polar surface area (TPSA) is 51.7 Å². The van der Waals surface area contributed by atoms with Gasteiger partial charge in [-0.15, -0.1) is 0 Å². The van der Waals surface area contributed by atoms with Gasteiger partial charge in [-0.25, -0.2) is 4.98 Å². The fraction of sp³-hybridized carbons (Fsp3) is 0.600. The van der Waals surface area contributed by atoms with Crippen LogP contribution in [0.15, 0.2) is 24.4 Å². The fourth-order valence-electron chi connectivity index (χ4n) is 3.03. The molecule has 0 bridgehead atoms. The van der Waals surface area contributed by atoms with Crippen LogP contribution in [0.5, 0.6) is 5.88 Å². The summed E-state index contributed by atoms with van der Waals surface area (Å²) in [6, 6.07) is 5.63. The Hall–Kier alpha value is -1.62. The molecule has 2 fully saturated rings. The standard InChI is InChI=1S/C15H20N2O3/c1-2-14(18)17-8-6-15(11-17)9-12(10-19-15)20-13-5-3-4-7-16-13/h3-5,7,12H,2,6,8-11H2,1H3/t12-,15+/m0/s1. The highest BCUT2D eigenvalue weighted by Crippen LogP contribution is 2.36. The zero-order valence-electron chi connectivity index (χ0n) is 11.7. The second-order valence-corrected chi connectivity index (χ2v) is 5.52. The van der Waals surface area contributed by atoms with E-state index < -0.39 is 0 Å². The average Bonchev–Trinajstić information content (AvgIpc) is 3.07. The van der Waals surface area contributed by atoms with Crippen LogP contribution in [0.2, 0.25) is 0 Å². The number of rotatable bonds is 3. The molecule has 2 aliphatic rings. The first-order chi connectivity index (χ1) is 9.71. The van der Waals surface area contributed by atoms with Gasteiger partial charge < -0.3 is 14.4 Å². The van der Waals surface area contributed by atoms with Gasteiger partial charge in [0.15, 0.2) is 0 Å². The van der Waals surface area contributed by atoms with Crippen molar-refractivity contribution in [3.63, 3.8) is 0 Å². The van der Waals surface area contributed by atoms with Crippen molar-refractivity contribution in [2.45, 2.75) is 37.9 Å². The Labute approximate surface area is 118 Å². The predicted octanol–water partition coefficient (Wildman–Crippen LogP) is 1.63. The van der Waals surface area contributed by atoms with E-state index in [9.17, 15) is 4.79 Å². The molecular weight excluding hydrogens is 256 g/mol. The first kappa shape index (κ1) is 13.4. The quantitative estimate of drug-likeness (QED) is 0.842. The summed E-state index contributed by atoms with van der Waals surface area (Å²) in [4.78, 5) is 17.8. The molecule has 0 aromatic carbocycles. The van der Waals surface area contributed by atoms with E-state index in [1.165, 1.54) is 0 Å². The zero-order valence-corrected chi connectivity index (χ0v) is 11.7. The van der Waals surface area contributed by atoms with Crippen LogP contribution in [-0.4, -0.2) is 47.2 Å². The van der Waals surface area contributed by atoms with Crippen LogP contribution >= 0.6 is 0 Å². The SMILES string of the molecule is CCC(=O)N1CC[C@@]2(C[C@H](Oc3ccccn3)CO2)C1. The lowest BCUT2D eigenvalue weighted by Crippen LogP contribution is -2.35. The summed E-state index contributed by atoms with van der Waals surface area (Å²) in [6.07, 6.45) is 4.04. The highest BCUT2D eigenvalue weighted by Gasteiger charge is 2.47. The third-order valence-corrected chi connectivity index (χ3v) is 4.07. The van der Waals surface area contributed by atoms with E-state index in [1.807, 2.05) is 30.0 Å². The molecule has 0 radical (unpaired) electrons. The largest absolute Gasteiger partial charge is 0.472 e. The number of carbonyl (C=O) groups excluding carboxylic acids is 1. The number of carbonyl (C=O) groups is 1. The maximum Gasteiger partial charge on any atom is 0.222 e. The van der Waals surface area contributed by atoms with Gasteiger partial charge in [-0.2, -0.15) is 0 Å². The van der Waals surface area contributed by atoms with Gasteiger partial charge in [-0.05, 0) is 12.5 Å². The maximum atomic E-state index is 11.8. The number of amides is 1. The minimum atomic E-state index is -0.204. The number of pyridine rings is 1. The number of hydrogen-bond donors (Lipinski definition) is 0. The molecule has 0 unspecified atom stereocenters. The van der Waals surface area contributed by atoms with E-state index in [2.05, 4.69) is 4.98 Å². The first-order valence-corrected chi connectivity index (χ1v) is 7.20. The Morgan fingerprint density at radius 2 is 2.50 bits per heavy atom. The molecule has 1 amide bonds. The average molecular weight is 276 g/mol. The number of likely N-dealkylation sites (tertiary alicyclic amines) is 1. The van der Waals surface area contributed by atoms with Crippen LogP contribution in [-0.2, 0) is 9.53 Å². The highest BCUT2D eigenvalue weighted by atomic mass is 16.6. The molecule has 0 aliphatic carbocycles. The summed E-state index contributed by atoms with van der Waals surface area (Å²) >= 11 is 0. The van der Waals surface area contributed by atoms with E-state index >= 15 is 0 Å². The molecule has 1 spiro atoms. The lowest BCUT2D eigenvalue weighted by molar-refractivity contribution is -0.130. The van der Waals surface area contributed by atoms with E-state index in [4.69, 9.17) is 9.47 Å². The van der Waals surface area contributed by atoms with E-state index in [1.54, 1.807) is 6.20 Å². The van der Waals surface area contributed by atoms with Crippen LogP contribution in [0.3, 0.4) is 0 Å². The Morgan fingerprint density at radius 1 is 1.60 bits per heavy atom. The van der Waals surface area contributed by atoms with Gasteiger partial charge in [0, 0.05) is 38.2 Å². The Morgan fingerprint density at radius 3 is 3.25 bits per heavy atom. The van der Waals surface area contributed by atoms with Gasteiger partial charge in [0.05, 0.1) is 12.2 Å². The maximum absolute atomic E-state index is 11.8. The summed E-state index contributed by atoms with van der Waals surface area (Å²) in [7, 11) is 0. The lowest BCUT2D eigenvalue weighted by Gasteiger charge is -2.23. The second-order valence-electron chi connectivity index (χ2n) is 5.52. The highest BCUT2D eigenvalue weighted by molar-refractivity contribution is 5.76. The van der Waals surface area contributed by atoms with E-state index in [0.29, 0.717) is 25.5 Å². The molecule has 2 saturated heterocycles. The minimum Gasteiger partial charge on any atom is -0.472 e. The van der Waals surface area contributed by atoms with Gasteiger partial charge in [-0.3, -0.25) is 4.79 Å². The van der Waals surface area contributed by atoms with Crippen molar-refractivity contribution >= 4 is 5.91 Å². The fourth-order valence-corrected chi connectivity index (χ4v) is 3.03. The van der Waals surface area contributed by atoms with Gasteiger partial charge >= 0.3 is 0 Å². The minimum absolute atomic E-state index is 0.0292. The monoisotopic (exact) mass is 276 g/mol. The van der Waals surface area contributed by atoms with Crippen molar-refractivity contribution in [2.75, 3.05) is 19.7 Å². The summed E-state index contributed by atoms with van der Waals surface area (Å²) < 4.78 is 11.8. The lowest BCUT2D eigenvalue weighted by atomic mass is 9.98. The summed E-state index contributed by atoms with van der Waals surface area (Å²) in [5.41, 5.74) is -0.204. The second kappa shape index (κ2) is 5.40. The molecular formula is C15H20N2O3. The summed E-state index contributed by atoms with van der Waals surface area (Å²) in [6.45, 7) is 3.96. The summed E-state index contributed by atoms with van der Waals surface area (Å²) in [5, 5.41) is 0. The van der Waals surface area contributed by atoms with Gasteiger partial charge in [-0.1, -0.05) is 13.0 Å². The predicted molar refractivity (Wildman–Crippen MR) is 73.4 cm³/mol. The normalized spacial score (nSPS) is 29.1. The molecule has 0 saturated carbocycles. The van der Waals surface area contributed by atoms with Crippen molar-refractivity contribution in [2.24, 2.45) is 0 Å². The molecule has 2 aliphatic heterocycles. The van der Waals surface area contributed by atoms with Crippen molar-refractivity contribution in [1.82, 2.24) is 9.88 Å². The van der Waals surface area contributed by atoms with Crippen molar-refractivity contribution in [3.05, 3.63) is 24.4 Å². The van der Waals surface area contributed by atoms with Crippen molar-refractivity contribution in [3.8, 4) is 5.88 Å². The molecule has 3 rings (SSSR count). The van der Waals surface area contributed by atoms with Crippen LogP contribution in [0.1, 0.15) is 26.2 Å². The molecule has 1 aromatic heterocycles.